The molecule has 1 saturated heterocycles. The predicted octanol–water partition coefficient (Wildman–Crippen LogP) is 1.12. The highest BCUT2D eigenvalue weighted by Crippen LogP contribution is 2.20. The molecular weight excluding hydrogens is 278 g/mol. The van der Waals surface area contributed by atoms with E-state index in [4.69, 9.17) is 5.11 Å². The van der Waals surface area contributed by atoms with Crippen LogP contribution in [0.25, 0.3) is 0 Å². The molecule has 0 amide bonds. The summed E-state index contributed by atoms with van der Waals surface area (Å²) < 4.78 is 32.2. The van der Waals surface area contributed by atoms with Crippen molar-refractivity contribution in [1.82, 2.24) is 0 Å². The molecule has 6 heteroatoms. The number of nitrogens with zero attached hydrogens (tertiary/aromatic N) is 1. The Labute approximate surface area is 121 Å². The number of aliphatic hydroxyl groups is 1. The zero-order chi connectivity index (χ0) is 15.4. The summed E-state index contributed by atoms with van der Waals surface area (Å²) in [5, 5.41) is 8.89. The van der Waals surface area contributed by atoms with Crippen molar-refractivity contribution in [2.75, 3.05) is 27.2 Å². The summed E-state index contributed by atoms with van der Waals surface area (Å²) in [5.74, 6) is 0. The summed E-state index contributed by atoms with van der Waals surface area (Å²) in [5.41, 5.74) is 0.928. The lowest BCUT2D eigenvalue weighted by molar-refractivity contribution is -0.902. The topological polar surface area (TPSA) is 77.4 Å². The molecule has 1 N–H and O–H groups in total. The van der Waals surface area contributed by atoms with E-state index in [1.807, 2.05) is 6.92 Å². The van der Waals surface area contributed by atoms with E-state index in [1.165, 1.54) is 31.5 Å². The monoisotopic (exact) mass is 301 g/mol. The molecule has 1 aromatic carbocycles. The Bertz CT molecular complexity index is 523. The third kappa shape index (κ3) is 4.86. The molecule has 1 atom stereocenters. The molecule has 0 bridgehead atoms. The molecule has 0 aromatic heterocycles. The second-order valence-corrected chi connectivity index (χ2v) is 7.13. The fourth-order valence-corrected chi connectivity index (χ4v) is 2.75. The van der Waals surface area contributed by atoms with Crippen LogP contribution in [0.15, 0.2) is 29.2 Å². The van der Waals surface area contributed by atoms with Gasteiger partial charge in [-0.15, -0.1) is 0 Å². The zero-order valence-electron chi connectivity index (χ0n) is 12.2. The molecule has 1 aliphatic heterocycles. The lowest BCUT2D eigenvalue weighted by Gasteiger charge is -2.30. The van der Waals surface area contributed by atoms with Crippen molar-refractivity contribution in [3.63, 3.8) is 0 Å². The van der Waals surface area contributed by atoms with Gasteiger partial charge in [0.05, 0.1) is 32.1 Å². The third-order valence-electron chi connectivity index (χ3n) is 3.78. The minimum atomic E-state index is -4.27. The Hall–Kier alpha value is -0.950. The maximum Gasteiger partial charge on any atom is 0.124 e. The van der Waals surface area contributed by atoms with Gasteiger partial charge in [0.25, 0.3) is 0 Å². The highest BCUT2D eigenvalue weighted by atomic mass is 32.2. The van der Waals surface area contributed by atoms with Crippen LogP contribution in [0.2, 0.25) is 0 Å². The van der Waals surface area contributed by atoms with Crippen molar-refractivity contribution in [3.05, 3.63) is 29.8 Å². The number of aryl methyl sites for hydroxylation is 1. The first kappa shape index (κ1) is 17.1. The van der Waals surface area contributed by atoms with Gasteiger partial charge in [-0.2, -0.15) is 0 Å². The van der Waals surface area contributed by atoms with E-state index in [2.05, 4.69) is 14.1 Å². The predicted molar refractivity (Wildman–Crippen MR) is 76.2 cm³/mol. The van der Waals surface area contributed by atoms with E-state index >= 15 is 0 Å². The molecule has 0 radical (unpaired) electrons. The van der Waals surface area contributed by atoms with Gasteiger partial charge in [-0.05, 0) is 19.1 Å². The van der Waals surface area contributed by atoms with E-state index in [9.17, 15) is 13.0 Å². The smallest absolute Gasteiger partial charge is 0.124 e. The van der Waals surface area contributed by atoms with E-state index in [0.29, 0.717) is 12.6 Å². The fourth-order valence-electron chi connectivity index (χ4n) is 2.28. The quantitative estimate of drug-likeness (QED) is 0.656. The number of aliphatic hydroxyl groups excluding tert-OH is 1. The summed E-state index contributed by atoms with van der Waals surface area (Å²) in [6, 6.07) is 6.29. The van der Waals surface area contributed by atoms with Crippen molar-refractivity contribution in [1.29, 1.82) is 0 Å². The fraction of sp³-hybridized carbons (Fsp3) is 0.571. The van der Waals surface area contributed by atoms with Crippen LogP contribution >= 0.6 is 0 Å². The zero-order valence-corrected chi connectivity index (χ0v) is 13.1. The van der Waals surface area contributed by atoms with E-state index in [0.717, 1.165) is 10.0 Å². The number of likely N-dealkylation sites (N-methyl/N-ethyl adjacent to an activating group) is 1. The van der Waals surface area contributed by atoms with Gasteiger partial charge in [-0.3, -0.25) is 0 Å². The van der Waals surface area contributed by atoms with Crippen molar-refractivity contribution in [2.24, 2.45) is 0 Å². The minimum Gasteiger partial charge on any atom is -0.744 e. The molecule has 1 heterocycles. The number of hydrogen-bond acceptors (Lipinski definition) is 4. The summed E-state index contributed by atoms with van der Waals surface area (Å²) in [4.78, 5) is -0.178. The first-order chi connectivity index (χ1) is 9.16. The van der Waals surface area contributed by atoms with Gasteiger partial charge < -0.3 is 14.1 Å². The maximum absolute atomic E-state index is 10.4. The number of benzene rings is 1. The van der Waals surface area contributed by atoms with E-state index in [1.54, 1.807) is 12.1 Å². The molecule has 2 rings (SSSR count). The molecule has 5 nitrogen and oxygen atoms in total. The van der Waals surface area contributed by atoms with Crippen LogP contribution in [0.5, 0.6) is 0 Å². The van der Waals surface area contributed by atoms with Gasteiger partial charge >= 0.3 is 0 Å². The molecule has 1 unspecified atom stereocenters. The Balaban J connectivity index is 0.000000204. The van der Waals surface area contributed by atoms with Gasteiger partial charge in [0.1, 0.15) is 16.2 Å². The normalized spacial score (nSPS) is 21.1. The maximum atomic E-state index is 10.4. The summed E-state index contributed by atoms with van der Waals surface area (Å²) in [6.45, 7) is 3.40. The SMILES string of the molecule is C[N+]1(C)CCCC1CO.Cc1ccc(S(=O)(=O)[O-])cc1. The average molecular weight is 301 g/mol. The van der Waals surface area contributed by atoms with E-state index in [-0.39, 0.29) is 4.90 Å². The summed E-state index contributed by atoms with van der Waals surface area (Å²) in [7, 11) is 0.107. The second-order valence-electron chi connectivity index (χ2n) is 5.75. The molecule has 1 fully saturated rings. The third-order valence-corrected chi connectivity index (χ3v) is 4.63. The Morgan fingerprint density at radius 1 is 1.30 bits per heavy atom. The lowest BCUT2D eigenvalue weighted by Crippen LogP contribution is -2.45. The van der Waals surface area contributed by atoms with Gasteiger partial charge in [-0.25, -0.2) is 8.42 Å². The van der Waals surface area contributed by atoms with Crippen LogP contribution in [-0.2, 0) is 10.1 Å². The van der Waals surface area contributed by atoms with Gasteiger partial charge in [-0.1, -0.05) is 17.7 Å². The highest BCUT2D eigenvalue weighted by Gasteiger charge is 2.32. The molecular formula is C14H23NO4S. The second kappa shape index (κ2) is 6.67. The number of hydrogen-bond donors (Lipinski definition) is 1. The van der Waals surface area contributed by atoms with Crippen LogP contribution < -0.4 is 0 Å². The number of rotatable bonds is 2. The molecule has 114 valence electrons. The highest BCUT2D eigenvalue weighted by molar-refractivity contribution is 7.85. The Morgan fingerprint density at radius 3 is 2.15 bits per heavy atom. The van der Waals surface area contributed by atoms with Crippen LogP contribution in [0.3, 0.4) is 0 Å². The van der Waals surface area contributed by atoms with Crippen molar-refractivity contribution in [2.45, 2.75) is 30.7 Å². The van der Waals surface area contributed by atoms with Crippen LogP contribution in [0, 0.1) is 6.92 Å². The Kier molecular flexibility index (Phi) is 5.70. The van der Waals surface area contributed by atoms with Crippen LogP contribution in [-0.4, -0.2) is 55.8 Å². The largest absolute Gasteiger partial charge is 0.744 e. The number of quaternary nitrogens is 1. The van der Waals surface area contributed by atoms with Crippen molar-refractivity contribution < 1.29 is 22.6 Å². The number of likely N-dealkylation sites (tertiary alicyclic amines) is 1. The lowest BCUT2D eigenvalue weighted by atomic mass is 10.2. The molecule has 20 heavy (non-hydrogen) atoms. The summed E-state index contributed by atoms with van der Waals surface area (Å²) in [6.07, 6.45) is 2.47. The molecule has 0 aliphatic carbocycles. The molecule has 1 aliphatic rings. The minimum absolute atomic E-state index is 0.178. The van der Waals surface area contributed by atoms with E-state index < -0.39 is 10.1 Å². The molecule has 0 spiro atoms. The van der Waals surface area contributed by atoms with Crippen LogP contribution in [0.1, 0.15) is 18.4 Å². The average Bonchev–Trinajstić information content (AvgIpc) is 2.68. The Morgan fingerprint density at radius 2 is 1.85 bits per heavy atom. The first-order valence-electron chi connectivity index (χ1n) is 6.63. The first-order valence-corrected chi connectivity index (χ1v) is 8.04. The van der Waals surface area contributed by atoms with Gasteiger partial charge in [0, 0.05) is 12.8 Å². The standard InChI is InChI=1S/C7H16NO.C7H8O3S/c1-8(2)5-3-4-7(8)6-9;1-6-2-4-7(5-3-6)11(8,9)10/h7,9H,3-6H2,1-2H3;2-5H,1H3,(H,8,9,10)/q+1;/p-1. The van der Waals surface area contributed by atoms with Gasteiger partial charge in [0.15, 0.2) is 0 Å². The molecule has 1 aromatic rings. The summed E-state index contributed by atoms with van der Waals surface area (Å²) >= 11 is 0. The molecule has 0 saturated carbocycles. The van der Waals surface area contributed by atoms with Gasteiger partial charge in [0.2, 0.25) is 0 Å². The van der Waals surface area contributed by atoms with Crippen molar-refractivity contribution in [3.8, 4) is 0 Å². The van der Waals surface area contributed by atoms with Crippen LogP contribution in [0.4, 0.5) is 0 Å². The van der Waals surface area contributed by atoms with Crippen molar-refractivity contribution >= 4 is 10.1 Å².